The topological polar surface area (TPSA) is 84.9 Å². The minimum Gasteiger partial charge on any atom is -0.485 e. The van der Waals surface area contributed by atoms with Crippen molar-refractivity contribution < 1.29 is 23.9 Å². The van der Waals surface area contributed by atoms with Crippen molar-refractivity contribution in [1.82, 2.24) is 5.32 Å². The van der Waals surface area contributed by atoms with Gasteiger partial charge in [-0.3, -0.25) is 19.3 Å². The Morgan fingerprint density at radius 2 is 1.68 bits per heavy atom. The van der Waals surface area contributed by atoms with E-state index in [2.05, 4.69) is 5.32 Å². The predicted octanol–water partition coefficient (Wildman–Crippen LogP) is 5.31. The fourth-order valence-corrected chi connectivity index (χ4v) is 5.72. The Bertz CT molecular complexity index is 1250. The third-order valence-corrected chi connectivity index (χ3v) is 7.77. The monoisotopic (exact) mass is 518 g/mol. The van der Waals surface area contributed by atoms with Crippen molar-refractivity contribution >= 4 is 34.6 Å². The first-order valence-electron chi connectivity index (χ1n) is 12.7. The van der Waals surface area contributed by atoms with Gasteiger partial charge in [0, 0.05) is 22.2 Å². The van der Waals surface area contributed by atoms with E-state index in [1.807, 2.05) is 29.6 Å². The molecule has 0 radical (unpaired) electrons. The second-order valence-corrected chi connectivity index (χ2v) is 10.4. The van der Waals surface area contributed by atoms with Crippen molar-refractivity contribution in [2.24, 2.45) is 0 Å². The zero-order chi connectivity index (χ0) is 25.8. The van der Waals surface area contributed by atoms with E-state index in [9.17, 15) is 14.4 Å². The molecule has 1 aliphatic heterocycles. The molecule has 2 heterocycles. The molecule has 2 atom stereocenters. The molecule has 3 aromatic rings. The quantitative estimate of drug-likeness (QED) is 0.428. The number of nitrogens with one attached hydrogen (secondary N) is 1. The van der Waals surface area contributed by atoms with Crippen LogP contribution < -0.4 is 19.7 Å². The second-order valence-electron chi connectivity index (χ2n) is 9.44. The Kier molecular flexibility index (Phi) is 7.55. The average molecular weight is 519 g/mol. The van der Waals surface area contributed by atoms with Crippen molar-refractivity contribution in [2.75, 3.05) is 11.5 Å². The Labute approximate surface area is 220 Å². The van der Waals surface area contributed by atoms with Crippen molar-refractivity contribution in [3.05, 3.63) is 76.5 Å². The summed E-state index contributed by atoms with van der Waals surface area (Å²) in [6, 6.07) is 16.9. The van der Waals surface area contributed by atoms with Crippen molar-refractivity contribution in [2.45, 2.75) is 57.2 Å². The van der Waals surface area contributed by atoms with Gasteiger partial charge in [-0.25, -0.2) is 0 Å². The third kappa shape index (κ3) is 5.54. The first-order valence-corrected chi connectivity index (χ1v) is 13.6. The lowest BCUT2D eigenvalue weighted by atomic mass is 9.95. The maximum absolute atomic E-state index is 14.1. The number of ketones is 1. The zero-order valence-corrected chi connectivity index (χ0v) is 21.5. The maximum Gasteiger partial charge on any atom is 0.272 e. The highest BCUT2D eigenvalue weighted by molar-refractivity contribution is 7.10. The van der Waals surface area contributed by atoms with Crippen LogP contribution in [0.2, 0.25) is 0 Å². The number of hydrogen-bond donors (Lipinski definition) is 1. The summed E-state index contributed by atoms with van der Waals surface area (Å²) in [5, 5.41) is 5.11. The third-order valence-electron chi connectivity index (χ3n) is 6.84. The van der Waals surface area contributed by atoms with Gasteiger partial charge in [-0.1, -0.05) is 37.5 Å². The molecule has 0 saturated heterocycles. The number of anilines is 1. The summed E-state index contributed by atoms with van der Waals surface area (Å²) < 4.78 is 11.9. The van der Waals surface area contributed by atoms with E-state index in [1.165, 1.54) is 29.6 Å². The standard InChI is InChI=1S/C29H30N2O5S/c1-19(32)20-13-15-22(16-14-20)31(29(34)25-18-35-23-10-5-6-11-24(23)36-25)27(26-12-7-17-37-26)28(33)30-21-8-3-2-4-9-21/h5-7,10-17,21,25,27H,2-4,8-9,18H2,1H3,(H,30,33)/t25-,27-/m0/s1. The van der Waals surface area contributed by atoms with Crippen molar-refractivity contribution in [1.29, 1.82) is 0 Å². The number of nitrogens with zero attached hydrogens (tertiary/aromatic N) is 1. The normalized spacial score (nSPS) is 18.0. The lowest BCUT2D eigenvalue weighted by Gasteiger charge is -2.35. The van der Waals surface area contributed by atoms with E-state index in [0.717, 1.165) is 30.6 Å². The van der Waals surface area contributed by atoms with Gasteiger partial charge in [-0.2, -0.15) is 0 Å². The summed E-state index contributed by atoms with van der Waals surface area (Å²) in [6.45, 7) is 1.52. The van der Waals surface area contributed by atoms with E-state index in [-0.39, 0.29) is 30.2 Å². The summed E-state index contributed by atoms with van der Waals surface area (Å²) >= 11 is 1.42. The van der Waals surface area contributed by atoms with Crippen LogP contribution in [-0.2, 0) is 9.59 Å². The lowest BCUT2D eigenvalue weighted by molar-refractivity contribution is -0.132. The number of ether oxygens (including phenoxy) is 2. The van der Waals surface area contributed by atoms with Crippen LogP contribution in [0.25, 0.3) is 0 Å². The Hall–Kier alpha value is -3.65. The number of benzene rings is 2. The molecule has 1 aromatic heterocycles. The van der Waals surface area contributed by atoms with Gasteiger partial charge in [-0.05, 0) is 67.6 Å². The highest BCUT2D eigenvalue weighted by atomic mass is 32.1. The van der Waals surface area contributed by atoms with E-state index in [0.29, 0.717) is 22.7 Å². The van der Waals surface area contributed by atoms with Gasteiger partial charge in [-0.15, -0.1) is 11.3 Å². The number of carbonyl (C=O) groups excluding carboxylic acids is 3. The average Bonchev–Trinajstić information content (AvgIpc) is 3.46. The summed E-state index contributed by atoms with van der Waals surface area (Å²) in [7, 11) is 0. The van der Waals surface area contributed by atoms with Gasteiger partial charge in [0.05, 0.1) is 0 Å². The van der Waals surface area contributed by atoms with Gasteiger partial charge in [0.2, 0.25) is 12.0 Å². The molecule has 1 aliphatic carbocycles. The molecule has 2 amide bonds. The molecule has 2 aliphatic rings. The molecule has 5 rings (SSSR count). The SMILES string of the molecule is CC(=O)c1ccc(N(C(=O)[C@@H]2COc3ccccc3O2)[C@H](C(=O)NC2CCCCC2)c2cccs2)cc1. The number of rotatable bonds is 7. The van der Waals surface area contributed by atoms with Gasteiger partial charge in [0.15, 0.2) is 17.3 Å². The summed E-state index contributed by atoms with van der Waals surface area (Å²) in [4.78, 5) is 42.1. The van der Waals surface area contributed by atoms with E-state index in [1.54, 1.807) is 36.4 Å². The van der Waals surface area contributed by atoms with Crippen LogP contribution in [-0.4, -0.2) is 36.4 Å². The molecule has 7 nitrogen and oxygen atoms in total. The molecule has 1 N–H and O–H groups in total. The molecule has 1 saturated carbocycles. The maximum atomic E-state index is 14.1. The number of thiophene rings is 1. The van der Waals surface area contributed by atoms with Crippen LogP contribution in [0.4, 0.5) is 5.69 Å². The van der Waals surface area contributed by atoms with Crippen LogP contribution >= 0.6 is 11.3 Å². The fraction of sp³-hybridized carbons (Fsp3) is 0.345. The molecule has 0 unspecified atom stereocenters. The largest absolute Gasteiger partial charge is 0.485 e. The molecular formula is C29H30N2O5S. The van der Waals surface area contributed by atoms with Crippen LogP contribution in [0.3, 0.4) is 0 Å². The smallest absolute Gasteiger partial charge is 0.272 e. The van der Waals surface area contributed by atoms with Gasteiger partial charge >= 0.3 is 0 Å². The number of amides is 2. The minimum atomic E-state index is -0.938. The molecule has 8 heteroatoms. The molecule has 37 heavy (non-hydrogen) atoms. The van der Waals surface area contributed by atoms with E-state index >= 15 is 0 Å². The number of Topliss-reactive ketones (excluding diaryl/α,β-unsaturated/α-hetero) is 1. The molecular weight excluding hydrogens is 488 g/mol. The Morgan fingerprint density at radius 1 is 0.946 bits per heavy atom. The number of carbonyl (C=O) groups is 3. The number of fused-ring (bicyclic) bond motifs is 1. The van der Waals surface area contributed by atoms with Crippen molar-refractivity contribution in [3.8, 4) is 11.5 Å². The van der Waals surface area contributed by atoms with Gasteiger partial charge in [0.1, 0.15) is 12.6 Å². The molecule has 0 spiro atoms. The summed E-state index contributed by atoms with van der Waals surface area (Å²) in [5.74, 6) is 0.375. The number of para-hydroxylation sites is 2. The van der Waals surface area contributed by atoms with Crippen molar-refractivity contribution in [3.63, 3.8) is 0 Å². The minimum absolute atomic E-state index is 0.0271. The highest BCUT2D eigenvalue weighted by Crippen LogP contribution is 2.35. The van der Waals surface area contributed by atoms with Gasteiger partial charge in [0.25, 0.3) is 5.91 Å². The van der Waals surface area contributed by atoms with Crippen LogP contribution in [0.15, 0.2) is 66.0 Å². The number of hydrogen-bond acceptors (Lipinski definition) is 6. The Balaban J connectivity index is 1.52. The van der Waals surface area contributed by atoms with Gasteiger partial charge < -0.3 is 14.8 Å². The predicted molar refractivity (Wildman–Crippen MR) is 142 cm³/mol. The Morgan fingerprint density at radius 3 is 2.35 bits per heavy atom. The van der Waals surface area contributed by atoms with E-state index < -0.39 is 12.1 Å². The summed E-state index contributed by atoms with van der Waals surface area (Å²) in [5.41, 5.74) is 1.04. The highest BCUT2D eigenvalue weighted by Gasteiger charge is 2.40. The molecule has 2 aromatic carbocycles. The summed E-state index contributed by atoms with van der Waals surface area (Å²) in [6.07, 6.45) is 4.26. The first kappa shape index (κ1) is 25.0. The van der Waals surface area contributed by atoms with Crippen LogP contribution in [0.1, 0.15) is 60.3 Å². The lowest BCUT2D eigenvalue weighted by Crippen LogP contribution is -2.52. The second kappa shape index (κ2) is 11.2. The first-order chi connectivity index (χ1) is 18.0. The fourth-order valence-electron chi connectivity index (χ4n) is 4.90. The van der Waals surface area contributed by atoms with Crippen LogP contribution in [0, 0.1) is 0 Å². The molecule has 0 bridgehead atoms. The zero-order valence-electron chi connectivity index (χ0n) is 20.7. The van der Waals surface area contributed by atoms with Crippen LogP contribution in [0.5, 0.6) is 11.5 Å². The van der Waals surface area contributed by atoms with E-state index in [4.69, 9.17) is 9.47 Å². The molecule has 192 valence electrons. The molecule has 1 fully saturated rings.